The number of anilines is 1. The molecule has 1 aromatic rings. The van der Waals surface area contributed by atoms with Gasteiger partial charge in [0.15, 0.2) is 0 Å². The molecule has 0 saturated heterocycles. The average molecular weight is 276 g/mol. The maximum absolute atomic E-state index is 12.6. The third-order valence-corrected chi connectivity index (χ3v) is 3.35. The minimum atomic E-state index is -0.974. The van der Waals surface area contributed by atoms with Gasteiger partial charge in [-0.25, -0.2) is 0 Å². The zero-order valence-electron chi connectivity index (χ0n) is 11.8. The molecule has 20 heavy (non-hydrogen) atoms. The molecule has 1 aliphatic heterocycles. The number of rotatable bonds is 5. The topological polar surface area (TPSA) is 69.6 Å². The van der Waals surface area contributed by atoms with Crippen LogP contribution in [0, 0.1) is 5.92 Å². The van der Waals surface area contributed by atoms with Crippen LogP contribution in [0.2, 0.25) is 0 Å². The Kier molecular flexibility index (Phi) is 4.27. The first-order valence-electron chi connectivity index (χ1n) is 6.82. The summed E-state index contributed by atoms with van der Waals surface area (Å²) >= 11 is 0. The molecule has 2 N–H and O–H groups in total. The van der Waals surface area contributed by atoms with Gasteiger partial charge in [0, 0.05) is 18.8 Å². The Morgan fingerprint density at radius 3 is 2.75 bits per heavy atom. The van der Waals surface area contributed by atoms with E-state index < -0.39 is 5.97 Å². The number of carboxylic acid groups (broad SMARTS) is 1. The summed E-state index contributed by atoms with van der Waals surface area (Å²) in [5.41, 5.74) is 1.92. The van der Waals surface area contributed by atoms with Crippen LogP contribution in [0.15, 0.2) is 24.3 Å². The van der Waals surface area contributed by atoms with Gasteiger partial charge in [0.05, 0.1) is 5.92 Å². The van der Waals surface area contributed by atoms with Crippen molar-refractivity contribution in [1.82, 2.24) is 4.90 Å². The van der Waals surface area contributed by atoms with Gasteiger partial charge in [-0.05, 0) is 17.5 Å². The average Bonchev–Trinajstić information content (AvgIpc) is 2.79. The van der Waals surface area contributed by atoms with Crippen LogP contribution >= 0.6 is 0 Å². The number of nitrogens with one attached hydrogen (secondary N) is 1. The summed E-state index contributed by atoms with van der Waals surface area (Å²) in [6.45, 7) is 4.71. The lowest BCUT2D eigenvalue weighted by atomic mass is 9.99. The standard InChI is InChI=1S/C15H20N2O3/c1-10(2)8-17(9-14(18)19)15(20)12-7-16-13-6-4-3-5-11(12)13/h3-6,10,12,16H,7-9H2,1-2H3,(H,18,19). The third-order valence-electron chi connectivity index (χ3n) is 3.35. The molecule has 5 nitrogen and oxygen atoms in total. The molecular formula is C15H20N2O3. The van der Waals surface area contributed by atoms with Crippen LogP contribution in [0.1, 0.15) is 25.3 Å². The molecule has 0 aliphatic carbocycles. The highest BCUT2D eigenvalue weighted by atomic mass is 16.4. The van der Waals surface area contributed by atoms with Gasteiger partial charge in [-0.2, -0.15) is 0 Å². The van der Waals surface area contributed by atoms with Gasteiger partial charge in [-0.15, -0.1) is 0 Å². The quantitative estimate of drug-likeness (QED) is 0.860. The molecule has 0 bridgehead atoms. The fourth-order valence-electron chi connectivity index (χ4n) is 2.56. The molecule has 0 fully saturated rings. The van der Waals surface area contributed by atoms with Crippen molar-refractivity contribution in [1.29, 1.82) is 0 Å². The fraction of sp³-hybridized carbons (Fsp3) is 0.467. The summed E-state index contributed by atoms with van der Waals surface area (Å²) in [4.78, 5) is 25.0. The number of benzene rings is 1. The van der Waals surface area contributed by atoms with Gasteiger partial charge in [0.1, 0.15) is 6.54 Å². The summed E-state index contributed by atoms with van der Waals surface area (Å²) in [7, 11) is 0. The summed E-state index contributed by atoms with van der Waals surface area (Å²) < 4.78 is 0. The molecule has 2 rings (SSSR count). The second-order valence-corrected chi connectivity index (χ2v) is 5.53. The van der Waals surface area contributed by atoms with Crippen LogP contribution in [0.5, 0.6) is 0 Å². The molecule has 0 aromatic heterocycles. The van der Waals surface area contributed by atoms with Gasteiger partial charge in [0.25, 0.3) is 0 Å². The molecule has 5 heteroatoms. The van der Waals surface area contributed by atoms with Crippen molar-refractivity contribution >= 4 is 17.6 Å². The lowest BCUT2D eigenvalue weighted by molar-refractivity contribution is -0.145. The van der Waals surface area contributed by atoms with Gasteiger partial charge in [0.2, 0.25) is 5.91 Å². The van der Waals surface area contributed by atoms with E-state index in [1.165, 1.54) is 4.90 Å². The summed E-state index contributed by atoms with van der Waals surface area (Å²) in [6, 6.07) is 7.68. The van der Waals surface area contributed by atoms with Crippen LogP contribution in [0.4, 0.5) is 5.69 Å². The largest absolute Gasteiger partial charge is 0.480 e. The third kappa shape index (κ3) is 3.10. The number of carbonyl (C=O) groups excluding carboxylic acids is 1. The summed E-state index contributed by atoms with van der Waals surface area (Å²) in [6.07, 6.45) is 0. The molecule has 1 heterocycles. The van der Waals surface area contributed by atoms with Crippen molar-refractivity contribution < 1.29 is 14.7 Å². The Morgan fingerprint density at radius 2 is 2.10 bits per heavy atom. The Balaban J connectivity index is 2.18. The van der Waals surface area contributed by atoms with Crippen LogP contribution < -0.4 is 5.32 Å². The van der Waals surface area contributed by atoms with Gasteiger partial charge >= 0.3 is 5.97 Å². The predicted molar refractivity (Wildman–Crippen MR) is 76.7 cm³/mol. The Hall–Kier alpha value is -2.04. The molecule has 108 valence electrons. The summed E-state index contributed by atoms with van der Waals surface area (Å²) in [5.74, 6) is -1.14. The first-order chi connectivity index (χ1) is 9.49. The van der Waals surface area contributed by atoms with E-state index in [4.69, 9.17) is 5.11 Å². The smallest absolute Gasteiger partial charge is 0.323 e. The highest BCUT2D eigenvalue weighted by Gasteiger charge is 2.32. The van der Waals surface area contributed by atoms with Crippen molar-refractivity contribution in [2.45, 2.75) is 19.8 Å². The number of fused-ring (bicyclic) bond motifs is 1. The zero-order chi connectivity index (χ0) is 14.7. The van der Waals surface area contributed by atoms with E-state index in [1.54, 1.807) is 0 Å². The lowest BCUT2D eigenvalue weighted by Gasteiger charge is -2.25. The normalized spacial score (nSPS) is 16.6. The van der Waals surface area contributed by atoms with E-state index >= 15 is 0 Å². The minimum Gasteiger partial charge on any atom is -0.480 e. The SMILES string of the molecule is CC(C)CN(CC(=O)O)C(=O)C1CNc2ccccc21. The van der Waals surface area contributed by atoms with Crippen LogP contribution in [0.3, 0.4) is 0 Å². The van der Waals surface area contributed by atoms with E-state index in [2.05, 4.69) is 5.32 Å². The van der Waals surface area contributed by atoms with Crippen molar-refractivity contribution in [2.24, 2.45) is 5.92 Å². The monoisotopic (exact) mass is 276 g/mol. The van der Waals surface area contributed by atoms with Crippen molar-refractivity contribution in [3.8, 4) is 0 Å². The maximum Gasteiger partial charge on any atom is 0.323 e. The molecule has 0 saturated carbocycles. The number of hydrogen-bond acceptors (Lipinski definition) is 3. The highest BCUT2D eigenvalue weighted by Crippen LogP contribution is 2.32. The molecule has 1 atom stereocenters. The van der Waals surface area contributed by atoms with Gasteiger partial charge < -0.3 is 15.3 Å². The van der Waals surface area contributed by atoms with E-state index in [1.807, 2.05) is 38.1 Å². The van der Waals surface area contributed by atoms with Crippen molar-refractivity contribution in [2.75, 3.05) is 25.0 Å². The molecule has 0 spiro atoms. The number of para-hydroxylation sites is 1. The number of nitrogens with zero attached hydrogens (tertiary/aromatic N) is 1. The number of carbonyl (C=O) groups is 2. The van der Waals surface area contributed by atoms with Gasteiger partial charge in [-0.3, -0.25) is 9.59 Å². The second kappa shape index (κ2) is 5.94. The van der Waals surface area contributed by atoms with E-state index in [0.717, 1.165) is 11.3 Å². The lowest BCUT2D eigenvalue weighted by Crippen LogP contribution is -2.41. The second-order valence-electron chi connectivity index (χ2n) is 5.53. The number of carboxylic acids is 1. The van der Waals surface area contributed by atoms with E-state index in [-0.39, 0.29) is 24.3 Å². The molecule has 1 aromatic carbocycles. The first-order valence-corrected chi connectivity index (χ1v) is 6.82. The fourth-order valence-corrected chi connectivity index (χ4v) is 2.56. The van der Waals surface area contributed by atoms with Crippen LogP contribution in [-0.2, 0) is 9.59 Å². The summed E-state index contributed by atoms with van der Waals surface area (Å²) in [5, 5.41) is 12.2. The molecule has 1 amide bonds. The number of amides is 1. The maximum atomic E-state index is 12.6. The van der Waals surface area contributed by atoms with Crippen molar-refractivity contribution in [3.05, 3.63) is 29.8 Å². The Morgan fingerprint density at radius 1 is 1.40 bits per heavy atom. The number of hydrogen-bond donors (Lipinski definition) is 2. The van der Waals surface area contributed by atoms with Gasteiger partial charge in [-0.1, -0.05) is 32.0 Å². The number of aliphatic carboxylic acids is 1. The first kappa shape index (κ1) is 14.4. The zero-order valence-corrected chi connectivity index (χ0v) is 11.8. The Labute approximate surface area is 118 Å². The van der Waals surface area contributed by atoms with E-state index in [9.17, 15) is 9.59 Å². The van der Waals surface area contributed by atoms with Crippen LogP contribution in [0.25, 0.3) is 0 Å². The van der Waals surface area contributed by atoms with Crippen molar-refractivity contribution in [3.63, 3.8) is 0 Å². The highest BCUT2D eigenvalue weighted by molar-refractivity contribution is 5.90. The van der Waals surface area contributed by atoms with Crippen LogP contribution in [-0.4, -0.2) is 41.5 Å². The Bertz CT molecular complexity index is 514. The molecular weight excluding hydrogens is 256 g/mol. The predicted octanol–water partition coefficient (Wildman–Crippen LogP) is 1.76. The molecule has 1 aliphatic rings. The molecule has 1 unspecified atom stereocenters. The molecule has 0 radical (unpaired) electrons. The van der Waals surface area contributed by atoms with E-state index in [0.29, 0.717) is 13.1 Å². The minimum absolute atomic E-state index is 0.112.